The van der Waals surface area contributed by atoms with E-state index >= 15 is 0 Å². The molecule has 1 aromatic heterocycles. The van der Waals surface area contributed by atoms with E-state index in [2.05, 4.69) is 41.0 Å². The first kappa shape index (κ1) is 31.5. The molecule has 11 nitrogen and oxygen atoms in total. The number of methoxy groups -OCH3 is 1. The zero-order chi connectivity index (χ0) is 29.9. The van der Waals surface area contributed by atoms with E-state index in [4.69, 9.17) is 18.9 Å². The first-order chi connectivity index (χ1) is 20.4. The summed E-state index contributed by atoms with van der Waals surface area (Å²) in [6.07, 6.45) is 1.86. The van der Waals surface area contributed by atoms with E-state index in [1.807, 2.05) is 36.4 Å². The Labute approximate surface area is 254 Å². The standard InChI is InChI=1S/C30H38BrN5O6/c1-4-40-28(37)16-23(17-29(38)41-5-2)36-11-9-35(10-12-36)13-14-42-27-19-25-24(18-26(27)39-3)30(33-20-32-25)34-22-8-6-7-21(31)15-22/h6-8,15,18-20,23H,4-5,9-14,16-17H2,1-3H3,(H,32,33,34). The number of hydrogen-bond donors (Lipinski definition) is 1. The highest BCUT2D eigenvalue weighted by Crippen LogP contribution is 2.35. The number of esters is 2. The van der Waals surface area contributed by atoms with Crippen LogP contribution >= 0.6 is 15.9 Å². The predicted octanol–water partition coefficient (Wildman–Crippen LogP) is 4.42. The molecule has 0 atom stereocenters. The maximum atomic E-state index is 12.2. The van der Waals surface area contributed by atoms with Crippen LogP contribution in [-0.4, -0.2) is 97.4 Å². The Morgan fingerprint density at radius 1 is 0.976 bits per heavy atom. The number of carbonyl (C=O) groups is 2. The normalized spacial score (nSPS) is 14.1. The van der Waals surface area contributed by atoms with Crippen LogP contribution in [0.3, 0.4) is 0 Å². The van der Waals surface area contributed by atoms with Crippen LogP contribution in [0.15, 0.2) is 47.2 Å². The highest BCUT2D eigenvalue weighted by atomic mass is 79.9. The molecule has 226 valence electrons. The molecule has 1 fully saturated rings. The molecular formula is C30H38BrN5O6. The first-order valence-corrected chi connectivity index (χ1v) is 14.9. The smallest absolute Gasteiger partial charge is 0.307 e. The number of piperazine rings is 1. The molecule has 0 bridgehead atoms. The second kappa shape index (κ2) is 15.7. The van der Waals surface area contributed by atoms with Crippen LogP contribution in [0.4, 0.5) is 11.5 Å². The zero-order valence-electron chi connectivity index (χ0n) is 24.3. The monoisotopic (exact) mass is 643 g/mol. The summed E-state index contributed by atoms with van der Waals surface area (Å²) < 4.78 is 23.0. The molecule has 1 aliphatic heterocycles. The molecule has 1 aliphatic rings. The third-order valence-corrected chi connectivity index (χ3v) is 7.50. The lowest BCUT2D eigenvalue weighted by molar-refractivity contribution is -0.147. The van der Waals surface area contributed by atoms with Crippen molar-refractivity contribution in [2.24, 2.45) is 0 Å². The van der Waals surface area contributed by atoms with Gasteiger partial charge in [-0.1, -0.05) is 22.0 Å². The fraction of sp³-hybridized carbons (Fsp3) is 0.467. The highest BCUT2D eigenvalue weighted by molar-refractivity contribution is 9.10. The highest BCUT2D eigenvalue weighted by Gasteiger charge is 2.28. The number of carbonyl (C=O) groups excluding carboxylic acids is 2. The number of ether oxygens (including phenoxy) is 4. The lowest BCUT2D eigenvalue weighted by Crippen LogP contribution is -2.52. The van der Waals surface area contributed by atoms with Gasteiger partial charge < -0.3 is 24.3 Å². The average Bonchev–Trinajstić information content (AvgIpc) is 2.97. The molecule has 1 N–H and O–H groups in total. The van der Waals surface area contributed by atoms with E-state index < -0.39 is 0 Å². The minimum absolute atomic E-state index is 0.168. The van der Waals surface area contributed by atoms with Crippen LogP contribution in [0, 0.1) is 0 Å². The van der Waals surface area contributed by atoms with Crippen molar-refractivity contribution >= 4 is 50.3 Å². The van der Waals surface area contributed by atoms with Gasteiger partial charge in [0.25, 0.3) is 0 Å². The summed E-state index contributed by atoms with van der Waals surface area (Å²) in [5.74, 6) is 1.28. The van der Waals surface area contributed by atoms with Crippen molar-refractivity contribution in [3.8, 4) is 11.5 Å². The molecule has 0 saturated carbocycles. The third kappa shape index (κ3) is 8.76. The fourth-order valence-electron chi connectivity index (χ4n) is 4.93. The van der Waals surface area contributed by atoms with Gasteiger partial charge in [-0.3, -0.25) is 19.4 Å². The summed E-state index contributed by atoms with van der Waals surface area (Å²) >= 11 is 3.50. The zero-order valence-corrected chi connectivity index (χ0v) is 25.9. The number of halogens is 1. The number of rotatable bonds is 14. The Kier molecular flexibility index (Phi) is 11.7. The van der Waals surface area contributed by atoms with E-state index in [1.54, 1.807) is 21.0 Å². The van der Waals surface area contributed by atoms with Crippen molar-refractivity contribution in [3.05, 3.63) is 47.2 Å². The lowest BCUT2D eigenvalue weighted by Gasteiger charge is -2.38. The van der Waals surface area contributed by atoms with Crippen LogP contribution in [0.25, 0.3) is 10.9 Å². The number of hydrogen-bond acceptors (Lipinski definition) is 11. The van der Waals surface area contributed by atoms with Gasteiger partial charge in [-0.15, -0.1) is 0 Å². The minimum Gasteiger partial charge on any atom is -0.493 e. The summed E-state index contributed by atoms with van der Waals surface area (Å²) in [6, 6.07) is 11.4. The van der Waals surface area contributed by atoms with Gasteiger partial charge in [0.2, 0.25) is 0 Å². The summed E-state index contributed by atoms with van der Waals surface area (Å²) in [7, 11) is 1.61. The van der Waals surface area contributed by atoms with Crippen molar-refractivity contribution in [2.45, 2.75) is 32.7 Å². The Bertz CT molecular complexity index is 1330. The van der Waals surface area contributed by atoms with Crippen LogP contribution < -0.4 is 14.8 Å². The van der Waals surface area contributed by atoms with Crippen molar-refractivity contribution in [3.63, 3.8) is 0 Å². The summed E-state index contributed by atoms with van der Waals surface area (Å²) in [4.78, 5) is 37.7. The average molecular weight is 645 g/mol. The maximum Gasteiger partial charge on any atom is 0.307 e. The predicted molar refractivity (Wildman–Crippen MR) is 163 cm³/mol. The molecule has 3 aromatic rings. The van der Waals surface area contributed by atoms with Gasteiger partial charge in [0.15, 0.2) is 11.5 Å². The van der Waals surface area contributed by atoms with Crippen molar-refractivity contribution in [1.29, 1.82) is 0 Å². The number of nitrogens with one attached hydrogen (secondary N) is 1. The lowest BCUT2D eigenvalue weighted by atomic mass is 10.1. The Morgan fingerprint density at radius 2 is 1.69 bits per heavy atom. The largest absolute Gasteiger partial charge is 0.493 e. The second-order valence-electron chi connectivity index (χ2n) is 9.78. The molecule has 2 aromatic carbocycles. The van der Waals surface area contributed by atoms with E-state index in [1.165, 1.54) is 6.33 Å². The molecule has 0 amide bonds. The minimum atomic E-state index is -0.298. The number of aromatic nitrogens is 2. The Hall–Kier alpha value is -3.48. The molecule has 0 spiro atoms. The molecule has 2 heterocycles. The third-order valence-electron chi connectivity index (χ3n) is 7.01. The molecule has 0 radical (unpaired) electrons. The quantitative estimate of drug-likeness (QED) is 0.252. The van der Waals surface area contributed by atoms with E-state index in [9.17, 15) is 9.59 Å². The molecule has 4 rings (SSSR count). The Morgan fingerprint density at radius 3 is 2.33 bits per heavy atom. The topological polar surface area (TPSA) is 115 Å². The number of fused-ring (bicyclic) bond motifs is 1. The van der Waals surface area contributed by atoms with Gasteiger partial charge in [-0.05, 0) is 38.1 Å². The molecule has 12 heteroatoms. The molecule has 42 heavy (non-hydrogen) atoms. The van der Waals surface area contributed by atoms with Gasteiger partial charge in [0.1, 0.15) is 18.8 Å². The van der Waals surface area contributed by atoms with Gasteiger partial charge in [-0.2, -0.15) is 0 Å². The number of anilines is 2. The molecule has 0 aliphatic carbocycles. The van der Waals surface area contributed by atoms with E-state index in [0.29, 0.717) is 37.1 Å². The maximum absolute atomic E-state index is 12.2. The summed E-state index contributed by atoms with van der Waals surface area (Å²) in [6.45, 7) is 8.41. The van der Waals surface area contributed by atoms with Crippen LogP contribution in [0.1, 0.15) is 26.7 Å². The SMILES string of the molecule is CCOC(=O)CC(CC(=O)OCC)N1CCN(CCOc2cc3ncnc(Nc4cccc(Br)c4)c3cc2OC)CC1. The van der Waals surface area contributed by atoms with Crippen molar-refractivity contribution in [2.75, 3.05) is 65.0 Å². The van der Waals surface area contributed by atoms with Crippen LogP contribution in [0.5, 0.6) is 11.5 Å². The van der Waals surface area contributed by atoms with Crippen LogP contribution in [-0.2, 0) is 19.1 Å². The summed E-state index contributed by atoms with van der Waals surface area (Å²) in [5.41, 5.74) is 1.64. The number of nitrogens with zero attached hydrogens (tertiary/aromatic N) is 4. The second-order valence-corrected chi connectivity index (χ2v) is 10.7. The molecule has 1 saturated heterocycles. The van der Waals surface area contributed by atoms with Gasteiger partial charge in [0, 0.05) is 60.4 Å². The first-order valence-electron chi connectivity index (χ1n) is 14.2. The van der Waals surface area contributed by atoms with Crippen LogP contribution in [0.2, 0.25) is 0 Å². The van der Waals surface area contributed by atoms with Gasteiger partial charge in [0.05, 0.1) is 38.7 Å². The Balaban J connectivity index is 1.34. The van der Waals surface area contributed by atoms with Crippen molar-refractivity contribution < 1.29 is 28.5 Å². The molecule has 0 unspecified atom stereocenters. The van der Waals surface area contributed by atoms with E-state index in [-0.39, 0.29) is 30.8 Å². The van der Waals surface area contributed by atoms with Gasteiger partial charge in [-0.25, -0.2) is 9.97 Å². The van der Waals surface area contributed by atoms with E-state index in [0.717, 1.165) is 53.8 Å². The molecular weight excluding hydrogens is 606 g/mol. The fourth-order valence-corrected chi connectivity index (χ4v) is 5.33. The number of benzene rings is 2. The summed E-state index contributed by atoms with van der Waals surface area (Å²) in [5, 5.41) is 4.17. The van der Waals surface area contributed by atoms with Crippen molar-refractivity contribution in [1.82, 2.24) is 19.8 Å². The van der Waals surface area contributed by atoms with Gasteiger partial charge >= 0.3 is 11.9 Å².